The number of benzene rings is 1. The third-order valence-electron chi connectivity index (χ3n) is 5.61. The van der Waals surface area contributed by atoms with E-state index in [9.17, 15) is 12.8 Å². The average molecular weight is 441 g/mol. The van der Waals surface area contributed by atoms with Gasteiger partial charge in [-0.3, -0.25) is 9.88 Å². The van der Waals surface area contributed by atoms with E-state index >= 15 is 0 Å². The van der Waals surface area contributed by atoms with Crippen LogP contribution >= 0.6 is 0 Å². The van der Waals surface area contributed by atoms with Crippen molar-refractivity contribution >= 4 is 10.0 Å². The minimum Gasteiger partial charge on any atom is -0.470 e. The highest BCUT2D eigenvalue weighted by Crippen LogP contribution is 2.35. The van der Waals surface area contributed by atoms with E-state index in [1.807, 2.05) is 12.1 Å². The third kappa shape index (κ3) is 3.91. The Bertz CT molecular complexity index is 1190. The molecule has 0 bridgehead atoms. The Morgan fingerprint density at radius 2 is 1.87 bits per heavy atom. The number of halogens is 1. The second-order valence-corrected chi connectivity index (χ2v) is 9.58. The van der Waals surface area contributed by atoms with Gasteiger partial charge in [0.2, 0.25) is 15.9 Å². The van der Waals surface area contributed by atoms with E-state index in [0.717, 1.165) is 5.56 Å². The Hall–Kier alpha value is -2.88. The van der Waals surface area contributed by atoms with Crippen molar-refractivity contribution in [2.75, 3.05) is 13.1 Å². The van der Waals surface area contributed by atoms with Crippen molar-refractivity contribution in [1.29, 1.82) is 0 Å². The number of sulfonamides is 1. The van der Waals surface area contributed by atoms with Crippen LogP contribution in [0, 0.1) is 5.82 Å². The molecule has 2 atom stereocenters. The van der Waals surface area contributed by atoms with Gasteiger partial charge in [-0.25, -0.2) is 17.8 Å². The zero-order chi connectivity index (χ0) is 21.4. The van der Waals surface area contributed by atoms with Crippen molar-refractivity contribution in [3.05, 3.63) is 84.1 Å². The first-order valence-electron chi connectivity index (χ1n) is 10.0. The molecule has 31 heavy (non-hydrogen) atoms. The summed E-state index contributed by atoms with van der Waals surface area (Å²) >= 11 is 0. The van der Waals surface area contributed by atoms with Crippen LogP contribution in [0.15, 0.2) is 71.9 Å². The normalized spacial score (nSPS) is 22.9. The van der Waals surface area contributed by atoms with Gasteiger partial charge in [0.1, 0.15) is 16.8 Å². The van der Waals surface area contributed by atoms with Gasteiger partial charge in [0.05, 0.1) is 18.3 Å². The van der Waals surface area contributed by atoms with Crippen molar-refractivity contribution in [1.82, 2.24) is 19.2 Å². The van der Waals surface area contributed by atoms with Crippen LogP contribution in [0.5, 0.6) is 5.88 Å². The Morgan fingerprint density at radius 3 is 2.68 bits per heavy atom. The second-order valence-electron chi connectivity index (χ2n) is 7.73. The van der Waals surface area contributed by atoms with Crippen LogP contribution < -0.4 is 4.74 Å². The third-order valence-corrected chi connectivity index (χ3v) is 7.49. The number of likely N-dealkylation sites (tertiary alicyclic amines) is 1. The maximum absolute atomic E-state index is 13.6. The van der Waals surface area contributed by atoms with Gasteiger partial charge >= 0.3 is 0 Å². The summed E-state index contributed by atoms with van der Waals surface area (Å²) in [6, 6.07) is 14.6. The van der Waals surface area contributed by atoms with Gasteiger partial charge in [-0.05, 0) is 42.0 Å². The largest absolute Gasteiger partial charge is 0.470 e. The highest BCUT2D eigenvalue weighted by molar-refractivity contribution is 7.89. The number of nitrogens with zero attached hydrogens (tertiary/aromatic N) is 4. The van der Waals surface area contributed by atoms with Crippen molar-refractivity contribution in [2.24, 2.45) is 0 Å². The zero-order valence-electron chi connectivity index (χ0n) is 16.6. The summed E-state index contributed by atoms with van der Waals surface area (Å²) in [5.74, 6) is -0.173. The molecule has 0 amide bonds. The molecule has 0 spiro atoms. The molecule has 160 valence electrons. The monoisotopic (exact) mass is 440 g/mol. The molecule has 1 aromatic carbocycles. The first kappa shape index (κ1) is 20.0. The van der Waals surface area contributed by atoms with E-state index in [2.05, 4.69) is 14.9 Å². The number of ether oxygens (including phenoxy) is 1. The minimum absolute atomic E-state index is 0.0667. The maximum atomic E-state index is 13.6. The van der Waals surface area contributed by atoms with Crippen LogP contribution in [0.2, 0.25) is 0 Å². The summed E-state index contributed by atoms with van der Waals surface area (Å²) in [6.07, 6.45) is 2.77. The summed E-state index contributed by atoms with van der Waals surface area (Å²) in [6.45, 7) is 1.60. The lowest BCUT2D eigenvalue weighted by atomic mass is 10.2. The maximum Gasteiger partial charge on any atom is 0.249 e. The lowest BCUT2D eigenvalue weighted by Gasteiger charge is -2.27. The zero-order valence-corrected chi connectivity index (χ0v) is 17.5. The van der Waals surface area contributed by atoms with E-state index < -0.39 is 22.2 Å². The molecule has 0 saturated carbocycles. The molecule has 1 fully saturated rings. The Morgan fingerprint density at radius 1 is 1.00 bits per heavy atom. The van der Waals surface area contributed by atoms with Gasteiger partial charge in [-0.1, -0.05) is 18.2 Å². The Kier molecular flexibility index (Phi) is 5.17. The predicted octanol–water partition coefficient (Wildman–Crippen LogP) is 2.45. The van der Waals surface area contributed by atoms with E-state index in [-0.39, 0.29) is 23.1 Å². The van der Waals surface area contributed by atoms with Crippen molar-refractivity contribution in [3.63, 3.8) is 0 Å². The molecule has 3 aromatic rings. The standard InChI is InChI=1S/C22H21FN4O3S/c23-17-6-3-5-16(11-17)12-26-14-19-20(15-26)30-22-21(8-4-10-25-22)31(28,29)27(19)13-18-7-1-2-9-24-18/h1-11,19-20H,12-15H2/t19-,20+/m1/s1. The smallest absolute Gasteiger partial charge is 0.249 e. The molecule has 5 rings (SSSR count). The van der Waals surface area contributed by atoms with Gasteiger partial charge in [0.15, 0.2) is 0 Å². The fourth-order valence-electron chi connectivity index (χ4n) is 4.21. The van der Waals surface area contributed by atoms with Crippen LogP contribution in [0.1, 0.15) is 11.3 Å². The molecule has 2 aromatic heterocycles. The summed E-state index contributed by atoms with van der Waals surface area (Å²) in [5.41, 5.74) is 1.48. The minimum atomic E-state index is -3.86. The number of hydrogen-bond acceptors (Lipinski definition) is 6. The number of hydrogen-bond donors (Lipinski definition) is 0. The highest BCUT2D eigenvalue weighted by Gasteiger charge is 2.47. The van der Waals surface area contributed by atoms with Crippen LogP contribution in [0.25, 0.3) is 0 Å². The summed E-state index contributed by atoms with van der Waals surface area (Å²) in [4.78, 5) is 10.7. The summed E-state index contributed by atoms with van der Waals surface area (Å²) in [7, 11) is -3.86. The van der Waals surface area contributed by atoms with Gasteiger partial charge < -0.3 is 4.74 Å². The van der Waals surface area contributed by atoms with Crippen molar-refractivity contribution < 1.29 is 17.5 Å². The highest BCUT2D eigenvalue weighted by atomic mass is 32.2. The summed E-state index contributed by atoms with van der Waals surface area (Å²) in [5, 5.41) is 0. The number of aromatic nitrogens is 2. The molecule has 1 saturated heterocycles. The molecule has 0 aliphatic carbocycles. The van der Waals surface area contributed by atoms with Crippen molar-refractivity contribution in [2.45, 2.75) is 30.1 Å². The van der Waals surface area contributed by atoms with Gasteiger partial charge in [0.25, 0.3) is 0 Å². The molecule has 7 nitrogen and oxygen atoms in total. The Balaban J connectivity index is 1.50. The second kappa shape index (κ2) is 7.99. The van der Waals surface area contributed by atoms with Gasteiger partial charge in [0, 0.05) is 32.0 Å². The first-order valence-corrected chi connectivity index (χ1v) is 11.4. The van der Waals surface area contributed by atoms with E-state index in [0.29, 0.717) is 25.3 Å². The quantitative estimate of drug-likeness (QED) is 0.621. The molecule has 0 N–H and O–H groups in total. The molecule has 4 heterocycles. The number of pyridine rings is 2. The number of fused-ring (bicyclic) bond motifs is 2. The first-order chi connectivity index (χ1) is 15.0. The topological polar surface area (TPSA) is 75.6 Å². The Labute approximate surface area is 180 Å². The fourth-order valence-corrected chi connectivity index (χ4v) is 5.90. The lowest BCUT2D eigenvalue weighted by Crippen LogP contribution is -2.46. The molecule has 9 heteroatoms. The van der Waals surface area contributed by atoms with E-state index in [1.165, 1.54) is 28.7 Å². The van der Waals surface area contributed by atoms with Crippen LogP contribution in [-0.2, 0) is 23.1 Å². The molecule has 2 aliphatic heterocycles. The molecular weight excluding hydrogens is 419 g/mol. The SMILES string of the molecule is O=S1(=O)c2cccnc2O[C@H]2CN(Cc3cccc(F)c3)C[C@H]2N1Cc1ccccn1. The predicted molar refractivity (Wildman–Crippen MR) is 111 cm³/mol. The fraction of sp³-hybridized carbons (Fsp3) is 0.273. The van der Waals surface area contributed by atoms with Crippen LogP contribution in [0.3, 0.4) is 0 Å². The van der Waals surface area contributed by atoms with Crippen molar-refractivity contribution in [3.8, 4) is 5.88 Å². The molecular formula is C22H21FN4O3S. The molecule has 0 radical (unpaired) electrons. The van der Waals surface area contributed by atoms with E-state index in [1.54, 1.807) is 30.5 Å². The number of rotatable bonds is 4. The summed E-state index contributed by atoms with van der Waals surface area (Å²) < 4.78 is 48.4. The van der Waals surface area contributed by atoms with Crippen LogP contribution in [-0.4, -0.2) is 52.8 Å². The lowest BCUT2D eigenvalue weighted by molar-refractivity contribution is 0.143. The van der Waals surface area contributed by atoms with E-state index in [4.69, 9.17) is 4.74 Å². The molecule has 2 aliphatic rings. The average Bonchev–Trinajstić information content (AvgIpc) is 3.11. The van der Waals surface area contributed by atoms with Gasteiger partial charge in [-0.2, -0.15) is 4.31 Å². The van der Waals surface area contributed by atoms with Crippen LogP contribution in [0.4, 0.5) is 4.39 Å². The molecule has 0 unspecified atom stereocenters. The van der Waals surface area contributed by atoms with Gasteiger partial charge in [-0.15, -0.1) is 0 Å².